The van der Waals surface area contributed by atoms with E-state index in [0.717, 1.165) is 0 Å². The van der Waals surface area contributed by atoms with Crippen molar-refractivity contribution in [3.8, 4) is 11.4 Å². The van der Waals surface area contributed by atoms with Crippen LogP contribution in [-0.4, -0.2) is 20.9 Å². The number of hydrogen-bond acceptors (Lipinski definition) is 4. The second kappa shape index (κ2) is 9.15. The molecule has 1 N–H and O–H groups in total. The van der Waals surface area contributed by atoms with Crippen LogP contribution in [0.2, 0.25) is 5.02 Å². The molecule has 5 nitrogen and oxygen atoms in total. The van der Waals surface area contributed by atoms with Crippen molar-refractivity contribution in [3.05, 3.63) is 87.1 Å². The number of benzene rings is 2. The summed E-state index contributed by atoms with van der Waals surface area (Å²) in [5.41, 5.74) is 2.31. The molecule has 33 heavy (non-hydrogen) atoms. The lowest BCUT2D eigenvalue weighted by atomic mass is 9.98. The van der Waals surface area contributed by atoms with Crippen LogP contribution in [-0.2, 0) is 5.67 Å². The van der Waals surface area contributed by atoms with Gasteiger partial charge in [-0.15, -0.1) is 0 Å². The van der Waals surface area contributed by atoms with Gasteiger partial charge in [-0.05, 0) is 68.8 Å². The number of aromatic nitrogens is 3. The summed E-state index contributed by atoms with van der Waals surface area (Å²) in [6, 6.07) is 15.4. The average Bonchev–Trinajstić information content (AvgIpc) is 2.77. The van der Waals surface area contributed by atoms with Gasteiger partial charge < -0.3 is 5.32 Å². The van der Waals surface area contributed by atoms with E-state index in [9.17, 15) is 9.18 Å². The molecule has 0 bridgehead atoms. The normalized spacial score (nSPS) is 12.5. The van der Waals surface area contributed by atoms with Gasteiger partial charge in [-0.1, -0.05) is 39.7 Å². The molecule has 2 aromatic carbocycles. The first-order chi connectivity index (χ1) is 15.6. The molecule has 0 saturated heterocycles. The van der Waals surface area contributed by atoms with Crippen molar-refractivity contribution in [2.45, 2.75) is 32.5 Å². The molecule has 0 aliphatic heterocycles. The Morgan fingerprint density at radius 1 is 1.09 bits per heavy atom. The molecule has 2 aromatic heterocycles. The van der Waals surface area contributed by atoms with Gasteiger partial charge in [0.2, 0.25) is 0 Å². The summed E-state index contributed by atoms with van der Waals surface area (Å²) in [7, 11) is 0. The lowest BCUT2D eigenvalue weighted by molar-refractivity contribution is 0.0939. The Kier molecular flexibility index (Phi) is 6.45. The van der Waals surface area contributed by atoms with E-state index in [0.29, 0.717) is 48.7 Å². The van der Waals surface area contributed by atoms with Crippen molar-refractivity contribution in [2.24, 2.45) is 0 Å². The SMILES string of the molecule is C[C@H](NC(=O)c1cc(Br)cc(C(C)(C)F)c1)c1nc2ccccc2nc1-c1ccc(Cl)cn1. The molecule has 4 aromatic rings. The number of carbonyl (C=O) groups excluding carboxylic acids is 1. The van der Waals surface area contributed by atoms with Gasteiger partial charge in [-0.2, -0.15) is 0 Å². The Bertz CT molecular complexity index is 1340. The zero-order valence-electron chi connectivity index (χ0n) is 18.2. The molecule has 2 heterocycles. The molecule has 4 rings (SSSR count). The monoisotopic (exact) mass is 526 g/mol. The molecular formula is C25H21BrClFN4O. The van der Waals surface area contributed by atoms with Crippen molar-refractivity contribution in [1.82, 2.24) is 20.3 Å². The molecule has 0 saturated carbocycles. The van der Waals surface area contributed by atoms with Crippen LogP contribution in [0.25, 0.3) is 22.4 Å². The highest BCUT2D eigenvalue weighted by atomic mass is 79.9. The number of nitrogens with zero attached hydrogens (tertiary/aromatic N) is 3. The number of rotatable bonds is 5. The van der Waals surface area contributed by atoms with Gasteiger partial charge >= 0.3 is 0 Å². The number of carbonyl (C=O) groups is 1. The number of fused-ring (bicyclic) bond motifs is 1. The molecule has 1 amide bonds. The zero-order chi connectivity index (χ0) is 23.8. The number of para-hydroxylation sites is 2. The first kappa shape index (κ1) is 23.3. The molecule has 0 radical (unpaired) electrons. The largest absolute Gasteiger partial charge is 0.344 e. The summed E-state index contributed by atoms with van der Waals surface area (Å²) < 4.78 is 15.1. The van der Waals surface area contributed by atoms with E-state index < -0.39 is 11.7 Å². The smallest absolute Gasteiger partial charge is 0.251 e. The maximum absolute atomic E-state index is 14.5. The Morgan fingerprint density at radius 3 is 2.42 bits per heavy atom. The highest BCUT2D eigenvalue weighted by Crippen LogP contribution is 2.30. The van der Waals surface area contributed by atoms with Crippen LogP contribution < -0.4 is 5.32 Å². The quantitative estimate of drug-likeness (QED) is 0.310. The first-order valence-corrected chi connectivity index (χ1v) is 11.5. The van der Waals surface area contributed by atoms with E-state index >= 15 is 0 Å². The van der Waals surface area contributed by atoms with Gasteiger partial charge in [-0.25, -0.2) is 14.4 Å². The van der Waals surface area contributed by atoms with Gasteiger partial charge in [0.05, 0.1) is 33.5 Å². The van der Waals surface area contributed by atoms with Crippen molar-refractivity contribution in [1.29, 1.82) is 0 Å². The van der Waals surface area contributed by atoms with Gasteiger partial charge in [0.25, 0.3) is 5.91 Å². The highest BCUT2D eigenvalue weighted by Gasteiger charge is 2.23. The predicted molar refractivity (Wildman–Crippen MR) is 132 cm³/mol. The van der Waals surface area contributed by atoms with Gasteiger partial charge in [-0.3, -0.25) is 9.78 Å². The minimum atomic E-state index is -1.58. The van der Waals surface area contributed by atoms with Crippen molar-refractivity contribution in [2.75, 3.05) is 0 Å². The minimum Gasteiger partial charge on any atom is -0.344 e. The molecule has 0 spiro atoms. The second-order valence-electron chi connectivity index (χ2n) is 8.20. The van der Waals surface area contributed by atoms with Gasteiger partial charge in [0.15, 0.2) is 0 Å². The van der Waals surface area contributed by atoms with Gasteiger partial charge in [0.1, 0.15) is 11.4 Å². The van der Waals surface area contributed by atoms with E-state index in [1.54, 1.807) is 36.5 Å². The summed E-state index contributed by atoms with van der Waals surface area (Å²) in [5, 5.41) is 3.48. The molecule has 0 fully saturated rings. The molecule has 0 aliphatic rings. The standard InChI is InChI=1S/C25H21BrClFN4O/c1-14(30-24(33)15-10-16(25(2,3)28)12-17(26)11-15)22-23(21-9-8-18(27)13-29-21)32-20-7-5-4-6-19(20)31-22/h4-14H,1-3H3,(H,30,33)/t14-/m0/s1. The Labute approximate surface area is 204 Å². The third-order valence-corrected chi connectivity index (χ3v) is 5.85. The summed E-state index contributed by atoms with van der Waals surface area (Å²) in [4.78, 5) is 27.0. The molecule has 8 heteroatoms. The van der Waals surface area contributed by atoms with Crippen molar-refractivity contribution in [3.63, 3.8) is 0 Å². The Morgan fingerprint density at radius 2 is 1.79 bits per heavy atom. The molecule has 1 atom stereocenters. The number of halogens is 3. The third kappa shape index (κ3) is 5.20. The maximum atomic E-state index is 14.5. The fraction of sp³-hybridized carbons (Fsp3) is 0.200. The van der Waals surface area contributed by atoms with Crippen LogP contribution in [0.1, 0.15) is 48.4 Å². The predicted octanol–water partition coefficient (Wildman–Crippen LogP) is 6.80. The number of alkyl halides is 1. The molecule has 168 valence electrons. The van der Waals surface area contributed by atoms with Crippen LogP contribution in [0.4, 0.5) is 4.39 Å². The van der Waals surface area contributed by atoms with Crippen LogP contribution >= 0.6 is 27.5 Å². The van der Waals surface area contributed by atoms with Crippen LogP contribution in [0, 0.1) is 0 Å². The van der Waals surface area contributed by atoms with E-state index in [2.05, 4.69) is 26.2 Å². The van der Waals surface area contributed by atoms with E-state index in [4.69, 9.17) is 21.6 Å². The zero-order valence-corrected chi connectivity index (χ0v) is 20.6. The van der Waals surface area contributed by atoms with Crippen molar-refractivity contribution >= 4 is 44.5 Å². The molecule has 0 aliphatic carbocycles. The first-order valence-electron chi connectivity index (χ1n) is 10.3. The Balaban J connectivity index is 1.73. The van der Waals surface area contributed by atoms with E-state index in [-0.39, 0.29) is 5.91 Å². The summed E-state index contributed by atoms with van der Waals surface area (Å²) >= 11 is 9.38. The fourth-order valence-corrected chi connectivity index (χ4v) is 4.04. The van der Waals surface area contributed by atoms with E-state index in [1.165, 1.54) is 13.8 Å². The summed E-state index contributed by atoms with van der Waals surface area (Å²) in [6.07, 6.45) is 1.54. The molecular weight excluding hydrogens is 507 g/mol. The lowest BCUT2D eigenvalue weighted by Crippen LogP contribution is -2.28. The Hall–Kier alpha value is -2.90. The molecule has 0 unspecified atom stereocenters. The summed E-state index contributed by atoms with van der Waals surface area (Å²) in [6.45, 7) is 4.73. The summed E-state index contributed by atoms with van der Waals surface area (Å²) in [5.74, 6) is -0.348. The third-order valence-electron chi connectivity index (χ3n) is 5.17. The van der Waals surface area contributed by atoms with Crippen LogP contribution in [0.3, 0.4) is 0 Å². The number of amides is 1. The number of nitrogens with one attached hydrogen (secondary N) is 1. The number of hydrogen-bond donors (Lipinski definition) is 1. The minimum absolute atomic E-state index is 0.344. The number of pyridine rings is 1. The van der Waals surface area contributed by atoms with Crippen molar-refractivity contribution < 1.29 is 9.18 Å². The van der Waals surface area contributed by atoms with Crippen LogP contribution in [0.15, 0.2) is 65.3 Å². The lowest BCUT2D eigenvalue weighted by Gasteiger charge is -2.19. The van der Waals surface area contributed by atoms with E-state index in [1.807, 2.05) is 31.2 Å². The fourth-order valence-electron chi connectivity index (χ4n) is 3.43. The average molecular weight is 528 g/mol. The maximum Gasteiger partial charge on any atom is 0.251 e. The van der Waals surface area contributed by atoms with Crippen LogP contribution in [0.5, 0.6) is 0 Å². The topological polar surface area (TPSA) is 67.8 Å². The van der Waals surface area contributed by atoms with Gasteiger partial charge in [0, 0.05) is 16.2 Å². The highest BCUT2D eigenvalue weighted by molar-refractivity contribution is 9.10. The second-order valence-corrected chi connectivity index (χ2v) is 9.56.